The van der Waals surface area contributed by atoms with Crippen LogP contribution in [0, 0.1) is 13.8 Å². The summed E-state index contributed by atoms with van der Waals surface area (Å²) in [4.78, 5) is 4.55. The van der Waals surface area contributed by atoms with E-state index in [9.17, 15) is 8.42 Å². The third kappa shape index (κ3) is 3.87. The largest absolute Gasteiger partial charge is 0.241 e. The van der Waals surface area contributed by atoms with Gasteiger partial charge in [-0.1, -0.05) is 18.2 Å². The molecule has 6 nitrogen and oxygen atoms in total. The first kappa shape index (κ1) is 18.8. The van der Waals surface area contributed by atoms with Crippen molar-refractivity contribution in [2.75, 3.05) is 6.54 Å². The van der Waals surface area contributed by atoms with Gasteiger partial charge in [-0.3, -0.25) is 0 Å². The van der Waals surface area contributed by atoms with E-state index in [1.165, 1.54) is 0 Å². The molecule has 0 aliphatic heterocycles. The SMILES string of the molecule is Cc1nn(-c2ccccn2)c(C)c1CCNS(=O)(=O)c1ccccc1Br. The summed E-state index contributed by atoms with van der Waals surface area (Å²) in [5.41, 5.74) is 2.85. The van der Waals surface area contributed by atoms with Crippen LogP contribution in [0.1, 0.15) is 17.0 Å². The lowest BCUT2D eigenvalue weighted by Gasteiger charge is -2.09. The minimum absolute atomic E-state index is 0.234. The minimum atomic E-state index is -3.57. The Balaban J connectivity index is 1.75. The number of hydrogen-bond acceptors (Lipinski definition) is 4. The fourth-order valence-corrected chi connectivity index (χ4v) is 4.82. The van der Waals surface area contributed by atoms with Crippen molar-refractivity contribution in [1.29, 1.82) is 0 Å². The van der Waals surface area contributed by atoms with Crippen LogP contribution in [0.2, 0.25) is 0 Å². The molecular weight excluding hydrogens is 416 g/mol. The second kappa shape index (κ2) is 7.69. The highest BCUT2D eigenvalue weighted by molar-refractivity contribution is 9.10. The maximum absolute atomic E-state index is 12.5. The van der Waals surface area contributed by atoms with Crippen molar-refractivity contribution in [3.8, 4) is 5.82 Å². The summed E-state index contributed by atoms with van der Waals surface area (Å²) in [7, 11) is -3.57. The van der Waals surface area contributed by atoms with Gasteiger partial charge in [0.15, 0.2) is 5.82 Å². The summed E-state index contributed by atoms with van der Waals surface area (Å²) >= 11 is 3.28. The molecule has 0 radical (unpaired) electrons. The first-order chi connectivity index (χ1) is 12.4. The van der Waals surface area contributed by atoms with Gasteiger partial charge in [-0.15, -0.1) is 0 Å². The molecule has 0 aliphatic carbocycles. The van der Waals surface area contributed by atoms with Crippen LogP contribution in [-0.2, 0) is 16.4 Å². The maximum Gasteiger partial charge on any atom is 0.241 e. The van der Waals surface area contributed by atoms with E-state index in [1.807, 2.05) is 32.0 Å². The molecule has 1 aromatic carbocycles. The van der Waals surface area contributed by atoms with Gasteiger partial charge in [-0.25, -0.2) is 22.8 Å². The van der Waals surface area contributed by atoms with Gasteiger partial charge in [0.2, 0.25) is 10.0 Å². The van der Waals surface area contributed by atoms with Crippen LogP contribution in [0.25, 0.3) is 5.82 Å². The molecule has 0 fully saturated rings. The second-order valence-corrected chi connectivity index (χ2v) is 8.42. The highest BCUT2D eigenvalue weighted by atomic mass is 79.9. The summed E-state index contributed by atoms with van der Waals surface area (Å²) in [5, 5.41) is 4.54. The molecule has 0 saturated carbocycles. The van der Waals surface area contributed by atoms with Crippen molar-refractivity contribution in [3.63, 3.8) is 0 Å². The molecule has 0 unspecified atom stereocenters. The van der Waals surface area contributed by atoms with Crippen molar-refractivity contribution in [3.05, 3.63) is 70.1 Å². The molecule has 0 bridgehead atoms. The van der Waals surface area contributed by atoms with Gasteiger partial charge >= 0.3 is 0 Å². The van der Waals surface area contributed by atoms with Crippen LogP contribution in [-0.4, -0.2) is 29.7 Å². The third-order valence-electron chi connectivity index (χ3n) is 4.10. The zero-order chi connectivity index (χ0) is 18.7. The van der Waals surface area contributed by atoms with Gasteiger partial charge in [-0.2, -0.15) is 5.10 Å². The van der Waals surface area contributed by atoms with Crippen molar-refractivity contribution >= 4 is 26.0 Å². The summed E-state index contributed by atoms with van der Waals surface area (Å²) in [6, 6.07) is 12.4. The van der Waals surface area contributed by atoms with Gasteiger partial charge in [0.25, 0.3) is 0 Å². The van der Waals surface area contributed by atoms with Crippen LogP contribution in [0.5, 0.6) is 0 Å². The zero-order valence-corrected chi connectivity index (χ0v) is 16.9. The molecular formula is C18H19BrN4O2S. The fraction of sp³-hybridized carbons (Fsp3) is 0.222. The molecule has 0 saturated heterocycles. The third-order valence-corrected chi connectivity index (χ3v) is 6.57. The lowest BCUT2D eigenvalue weighted by molar-refractivity contribution is 0.581. The number of nitrogens with one attached hydrogen (secondary N) is 1. The summed E-state index contributed by atoms with van der Waals surface area (Å²) in [6.45, 7) is 4.18. The molecule has 8 heteroatoms. The molecule has 0 spiro atoms. The van der Waals surface area contributed by atoms with Crippen LogP contribution < -0.4 is 4.72 Å². The van der Waals surface area contributed by atoms with Crippen molar-refractivity contribution in [2.45, 2.75) is 25.2 Å². The number of rotatable bonds is 6. The molecule has 3 aromatic rings. The monoisotopic (exact) mass is 434 g/mol. The normalized spacial score (nSPS) is 11.7. The number of hydrogen-bond donors (Lipinski definition) is 1. The number of benzene rings is 1. The molecule has 0 amide bonds. The topological polar surface area (TPSA) is 76.9 Å². The number of nitrogens with zero attached hydrogens (tertiary/aromatic N) is 3. The van der Waals surface area contributed by atoms with E-state index in [0.717, 1.165) is 22.8 Å². The first-order valence-electron chi connectivity index (χ1n) is 8.11. The van der Waals surface area contributed by atoms with Crippen LogP contribution >= 0.6 is 15.9 Å². The summed E-state index contributed by atoms with van der Waals surface area (Å²) in [6.07, 6.45) is 2.27. The molecule has 2 aromatic heterocycles. The van der Waals surface area contributed by atoms with Crippen LogP contribution in [0.3, 0.4) is 0 Å². The van der Waals surface area contributed by atoms with E-state index >= 15 is 0 Å². The number of halogens is 1. The Morgan fingerprint density at radius 3 is 2.54 bits per heavy atom. The highest BCUT2D eigenvalue weighted by Gasteiger charge is 2.18. The average molecular weight is 435 g/mol. The van der Waals surface area contributed by atoms with Gasteiger partial charge in [-0.05, 0) is 66.0 Å². The number of sulfonamides is 1. The van der Waals surface area contributed by atoms with Crippen molar-refractivity contribution < 1.29 is 8.42 Å². The Labute approximate surface area is 161 Å². The quantitative estimate of drug-likeness (QED) is 0.646. The Kier molecular flexibility index (Phi) is 5.55. The van der Waals surface area contributed by atoms with E-state index in [0.29, 0.717) is 17.4 Å². The van der Waals surface area contributed by atoms with E-state index in [1.54, 1.807) is 35.1 Å². The Hall–Kier alpha value is -2.03. The maximum atomic E-state index is 12.5. The van der Waals surface area contributed by atoms with Gasteiger partial charge in [0.05, 0.1) is 10.6 Å². The molecule has 3 rings (SSSR count). The summed E-state index contributed by atoms with van der Waals surface area (Å²) in [5.74, 6) is 0.744. The second-order valence-electron chi connectivity index (χ2n) is 5.83. The van der Waals surface area contributed by atoms with Crippen LogP contribution in [0.4, 0.5) is 0 Å². The molecule has 1 N–H and O–H groups in total. The van der Waals surface area contributed by atoms with E-state index in [-0.39, 0.29) is 4.90 Å². The highest BCUT2D eigenvalue weighted by Crippen LogP contribution is 2.21. The Morgan fingerprint density at radius 1 is 1.12 bits per heavy atom. The minimum Gasteiger partial charge on any atom is -0.237 e. The average Bonchev–Trinajstić information content (AvgIpc) is 2.91. The zero-order valence-electron chi connectivity index (χ0n) is 14.5. The molecule has 0 aliphatic rings. The standard InChI is InChI=1S/C18H19BrN4O2S/c1-13-15(14(2)23(22-13)18-9-5-6-11-20-18)10-12-21-26(24,25)17-8-4-3-7-16(17)19/h3-9,11,21H,10,12H2,1-2H3. The molecule has 26 heavy (non-hydrogen) atoms. The van der Waals surface area contributed by atoms with Crippen molar-refractivity contribution in [1.82, 2.24) is 19.5 Å². The van der Waals surface area contributed by atoms with E-state index < -0.39 is 10.0 Å². The van der Waals surface area contributed by atoms with Gasteiger partial charge in [0, 0.05) is 22.9 Å². The number of aromatic nitrogens is 3. The van der Waals surface area contributed by atoms with E-state index in [2.05, 4.69) is 30.7 Å². The lowest BCUT2D eigenvalue weighted by atomic mass is 10.1. The lowest BCUT2D eigenvalue weighted by Crippen LogP contribution is -2.26. The first-order valence-corrected chi connectivity index (χ1v) is 10.4. The van der Waals surface area contributed by atoms with Crippen molar-refractivity contribution in [2.24, 2.45) is 0 Å². The molecule has 2 heterocycles. The molecule has 0 atom stereocenters. The Morgan fingerprint density at radius 2 is 1.85 bits per heavy atom. The Bertz CT molecular complexity index is 1020. The number of pyridine rings is 1. The predicted molar refractivity (Wildman–Crippen MR) is 104 cm³/mol. The van der Waals surface area contributed by atoms with Gasteiger partial charge in [0.1, 0.15) is 0 Å². The fourth-order valence-electron chi connectivity index (χ4n) is 2.79. The number of aryl methyl sites for hydroxylation is 1. The molecule has 136 valence electrons. The van der Waals surface area contributed by atoms with Crippen LogP contribution in [0.15, 0.2) is 58.0 Å². The smallest absolute Gasteiger partial charge is 0.237 e. The van der Waals surface area contributed by atoms with Gasteiger partial charge < -0.3 is 0 Å². The van der Waals surface area contributed by atoms with E-state index in [4.69, 9.17) is 0 Å². The predicted octanol–water partition coefficient (Wildman–Crippen LogP) is 3.17. The summed E-state index contributed by atoms with van der Waals surface area (Å²) < 4.78 is 29.9.